The third-order valence-corrected chi connectivity index (χ3v) is 3.03. The second-order valence-corrected chi connectivity index (χ2v) is 4.82. The molecular formula is C16H14FN3O2S. The summed E-state index contributed by atoms with van der Waals surface area (Å²) in [5, 5.41) is 7.06. The number of carbonyl (C=O) groups is 1. The van der Waals surface area contributed by atoms with Gasteiger partial charge >= 0.3 is 5.97 Å². The minimum Gasteiger partial charge on any atom is -0.465 e. The van der Waals surface area contributed by atoms with Gasteiger partial charge in [0.2, 0.25) is 0 Å². The third-order valence-electron chi connectivity index (χ3n) is 2.84. The molecule has 118 valence electrons. The summed E-state index contributed by atoms with van der Waals surface area (Å²) in [6.07, 6.45) is 1.46. The number of hydrogen-bond donors (Lipinski definition) is 2. The van der Waals surface area contributed by atoms with Crippen LogP contribution in [0.4, 0.5) is 10.1 Å². The van der Waals surface area contributed by atoms with E-state index < -0.39 is 5.97 Å². The Bertz CT molecular complexity index is 732. The van der Waals surface area contributed by atoms with Crippen molar-refractivity contribution >= 4 is 35.2 Å². The van der Waals surface area contributed by atoms with Crippen molar-refractivity contribution in [3.63, 3.8) is 0 Å². The molecule has 7 heteroatoms. The van der Waals surface area contributed by atoms with Gasteiger partial charge in [0.1, 0.15) is 5.82 Å². The average Bonchev–Trinajstić information content (AvgIpc) is 2.57. The molecule has 2 aromatic carbocycles. The van der Waals surface area contributed by atoms with Gasteiger partial charge in [-0.2, -0.15) is 5.10 Å². The number of esters is 1. The van der Waals surface area contributed by atoms with Crippen molar-refractivity contribution in [2.75, 3.05) is 12.4 Å². The number of nitrogens with zero attached hydrogens (tertiary/aromatic N) is 1. The Kier molecular flexibility index (Phi) is 5.76. The lowest BCUT2D eigenvalue weighted by Crippen LogP contribution is -2.24. The summed E-state index contributed by atoms with van der Waals surface area (Å²) in [5.41, 5.74) is 4.25. The number of benzene rings is 2. The zero-order valence-corrected chi connectivity index (χ0v) is 13.1. The van der Waals surface area contributed by atoms with Crippen molar-refractivity contribution in [1.82, 2.24) is 5.43 Å². The standard InChI is InChI=1S/C16H14FN3O2S/c1-22-15(21)14-5-3-2-4-11(14)10-18-20-16(23)19-13-8-6-12(17)7-9-13/h2-10H,1H3,(H2,19,20,23)/b18-10-. The Morgan fingerprint density at radius 1 is 1.22 bits per heavy atom. The minimum absolute atomic E-state index is 0.239. The van der Waals surface area contributed by atoms with Crippen LogP contribution in [0.5, 0.6) is 0 Å². The molecule has 0 bridgehead atoms. The van der Waals surface area contributed by atoms with Gasteiger partial charge in [0.05, 0.1) is 18.9 Å². The number of nitrogens with one attached hydrogen (secondary N) is 2. The molecule has 0 unspecified atom stereocenters. The first-order valence-corrected chi connectivity index (χ1v) is 7.04. The maximum absolute atomic E-state index is 12.8. The monoisotopic (exact) mass is 331 g/mol. The Hall–Kier alpha value is -2.80. The highest BCUT2D eigenvalue weighted by molar-refractivity contribution is 7.80. The molecular weight excluding hydrogens is 317 g/mol. The van der Waals surface area contributed by atoms with Crippen LogP contribution in [-0.2, 0) is 4.74 Å². The Balaban J connectivity index is 1.97. The molecule has 5 nitrogen and oxygen atoms in total. The van der Waals surface area contributed by atoms with E-state index in [2.05, 4.69) is 15.8 Å². The fourth-order valence-electron chi connectivity index (χ4n) is 1.76. The van der Waals surface area contributed by atoms with E-state index in [1.54, 1.807) is 36.4 Å². The number of ether oxygens (including phenoxy) is 1. The SMILES string of the molecule is COC(=O)c1ccccc1/C=N\NC(=S)Nc1ccc(F)cc1. The summed E-state index contributed by atoms with van der Waals surface area (Å²) in [6, 6.07) is 12.6. The second-order valence-electron chi connectivity index (χ2n) is 4.41. The molecule has 2 rings (SSSR count). The van der Waals surface area contributed by atoms with Gasteiger partial charge in [-0.25, -0.2) is 9.18 Å². The maximum Gasteiger partial charge on any atom is 0.338 e. The van der Waals surface area contributed by atoms with Crippen LogP contribution < -0.4 is 10.7 Å². The predicted octanol–water partition coefficient (Wildman–Crippen LogP) is 2.93. The molecule has 0 aromatic heterocycles. The van der Waals surface area contributed by atoms with Crippen molar-refractivity contribution in [3.05, 3.63) is 65.5 Å². The van der Waals surface area contributed by atoms with Crippen LogP contribution in [-0.4, -0.2) is 24.4 Å². The van der Waals surface area contributed by atoms with Gasteiger partial charge in [0, 0.05) is 11.3 Å². The molecule has 0 saturated heterocycles. The molecule has 0 amide bonds. The summed E-state index contributed by atoms with van der Waals surface area (Å²) in [7, 11) is 1.32. The number of hydrazone groups is 1. The van der Waals surface area contributed by atoms with E-state index in [1.807, 2.05) is 0 Å². The van der Waals surface area contributed by atoms with Crippen molar-refractivity contribution in [2.24, 2.45) is 5.10 Å². The van der Waals surface area contributed by atoms with E-state index in [0.29, 0.717) is 16.8 Å². The summed E-state index contributed by atoms with van der Waals surface area (Å²) >= 11 is 5.07. The first kappa shape index (κ1) is 16.6. The van der Waals surface area contributed by atoms with Crippen molar-refractivity contribution in [3.8, 4) is 0 Å². The summed E-state index contributed by atoms with van der Waals surface area (Å²) in [4.78, 5) is 11.6. The summed E-state index contributed by atoms with van der Waals surface area (Å²) in [6.45, 7) is 0. The van der Waals surface area contributed by atoms with Crippen LogP contribution in [0.25, 0.3) is 0 Å². The summed E-state index contributed by atoms with van der Waals surface area (Å²) in [5.74, 6) is -0.772. The lowest BCUT2D eigenvalue weighted by molar-refractivity contribution is 0.0600. The minimum atomic E-state index is -0.445. The summed E-state index contributed by atoms with van der Waals surface area (Å²) < 4.78 is 17.5. The largest absolute Gasteiger partial charge is 0.465 e. The lowest BCUT2D eigenvalue weighted by Gasteiger charge is -2.07. The quantitative estimate of drug-likeness (QED) is 0.390. The van der Waals surface area contributed by atoms with Crippen LogP contribution in [0.15, 0.2) is 53.6 Å². The number of methoxy groups -OCH3 is 1. The molecule has 0 aliphatic carbocycles. The maximum atomic E-state index is 12.8. The number of rotatable bonds is 4. The van der Waals surface area contributed by atoms with Crippen molar-refractivity contribution < 1.29 is 13.9 Å². The van der Waals surface area contributed by atoms with E-state index in [4.69, 9.17) is 17.0 Å². The van der Waals surface area contributed by atoms with Crippen molar-refractivity contribution in [2.45, 2.75) is 0 Å². The molecule has 23 heavy (non-hydrogen) atoms. The molecule has 2 aromatic rings. The van der Waals surface area contributed by atoms with Crippen LogP contribution in [0.2, 0.25) is 0 Å². The first-order chi connectivity index (χ1) is 11.1. The molecule has 0 spiro atoms. The van der Waals surface area contributed by atoms with Gasteiger partial charge in [0.15, 0.2) is 5.11 Å². The third kappa shape index (κ3) is 4.86. The second kappa shape index (κ2) is 8.00. The fraction of sp³-hybridized carbons (Fsp3) is 0.0625. The molecule has 0 atom stereocenters. The van der Waals surface area contributed by atoms with Gasteiger partial charge in [-0.1, -0.05) is 18.2 Å². The first-order valence-electron chi connectivity index (χ1n) is 6.63. The van der Waals surface area contributed by atoms with E-state index in [-0.39, 0.29) is 10.9 Å². The van der Waals surface area contributed by atoms with E-state index in [0.717, 1.165) is 0 Å². The highest BCUT2D eigenvalue weighted by Crippen LogP contribution is 2.09. The molecule has 0 radical (unpaired) electrons. The zero-order valence-electron chi connectivity index (χ0n) is 12.2. The Morgan fingerprint density at radius 3 is 2.61 bits per heavy atom. The molecule has 0 aliphatic rings. The highest BCUT2D eigenvalue weighted by Gasteiger charge is 2.08. The number of carbonyl (C=O) groups excluding carboxylic acids is 1. The van der Waals surface area contributed by atoms with Gasteiger partial charge < -0.3 is 10.1 Å². The fourth-order valence-corrected chi connectivity index (χ4v) is 1.93. The van der Waals surface area contributed by atoms with Crippen molar-refractivity contribution in [1.29, 1.82) is 0 Å². The van der Waals surface area contributed by atoms with Gasteiger partial charge in [-0.05, 0) is 42.5 Å². The highest BCUT2D eigenvalue weighted by atomic mass is 32.1. The van der Waals surface area contributed by atoms with Crippen LogP contribution in [0.1, 0.15) is 15.9 Å². The number of hydrogen-bond acceptors (Lipinski definition) is 4. The van der Waals surface area contributed by atoms with Crippen LogP contribution >= 0.6 is 12.2 Å². The smallest absolute Gasteiger partial charge is 0.338 e. The molecule has 0 aliphatic heterocycles. The molecule has 2 N–H and O–H groups in total. The molecule has 0 heterocycles. The normalized spacial score (nSPS) is 10.3. The topological polar surface area (TPSA) is 62.7 Å². The number of thiocarbonyl (C=S) groups is 1. The van der Waals surface area contributed by atoms with Gasteiger partial charge in [-0.15, -0.1) is 0 Å². The average molecular weight is 331 g/mol. The Labute approximate surface area is 138 Å². The van der Waals surface area contributed by atoms with E-state index in [1.165, 1.54) is 25.5 Å². The number of halogens is 1. The zero-order chi connectivity index (χ0) is 16.7. The molecule has 0 fully saturated rings. The predicted molar refractivity (Wildman–Crippen MR) is 91.1 cm³/mol. The van der Waals surface area contributed by atoms with E-state index >= 15 is 0 Å². The van der Waals surface area contributed by atoms with Gasteiger partial charge in [0.25, 0.3) is 0 Å². The number of anilines is 1. The Morgan fingerprint density at radius 2 is 1.91 bits per heavy atom. The van der Waals surface area contributed by atoms with Crippen LogP contribution in [0.3, 0.4) is 0 Å². The lowest BCUT2D eigenvalue weighted by atomic mass is 10.1. The molecule has 0 saturated carbocycles. The van der Waals surface area contributed by atoms with Gasteiger partial charge in [-0.3, -0.25) is 5.43 Å². The van der Waals surface area contributed by atoms with Crippen LogP contribution in [0, 0.1) is 5.82 Å². The van der Waals surface area contributed by atoms with E-state index in [9.17, 15) is 9.18 Å².